The number of carbonyl (C=O) groups is 1. The van der Waals surface area contributed by atoms with Gasteiger partial charge in [0.2, 0.25) is 11.3 Å². The fourth-order valence-electron chi connectivity index (χ4n) is 2.20. The van der Waals surface area contributed by atoms with Crippen LogP contribution in [0.5, 0.6) is 5.75 Å². The quantitative estimate of drug-likeness (QED) is 0.715. The zero-order valence-corrected chi connectivity index (χ0v) is 13.9. The number of amides is 1. The van der Waals surface area contributed by atoms with Crippen molar-refractivity contribution in [2.45, 2.75) is 20.5 Å². The average Bonchev–Trinajstić information content (AvgIpc) is 2.51. The van der Waals surface area contributed by atoms with E-state index in [1.54, 1.807) is 35.9 Å². The van der Waals surface area contributed by atoms with Gasteiger partial charge >= 0.3 is 0 Å². The topological polar surface area (TPSA) is 60.8 Å². The maximum Gasteiger partial charge on any atom is 0.246 e. The predicted molar refractivity (Wildman–Crippen MR) is 85.9 cm³/mol. The third kappa shape index (κ3) is 3.98. The number of hydrogen-bond acceptors (Lipinski definition) is 4. The Morgan fingerprint density at radius 1 is 1.32 bits per heavy atom. The number of carbonyl (C=O) groups excluding carboxylic acids is 1. The van der Waals surface area contributed by atoms with Crippen molar-refractivity contribution in [3.05, 3.63) is 33.8 Å². The van der Waals surface area contributed by atoms with Crippen molar-refractivity contribution in [2.75, 3.05) is 27.3 Å². The molecule has 0 aromatic carbocycles. The van der Waals surface area contributed by atoms with Crippen molar-refractivity contribution in [2.24, 2.45) is 7.05 Å². The molecule has 0 saturated heterocycles. The first kappa shape index (κ1) is 18.0. The summed E-state index contributed by atoms with van der Waals surface area (Å²) in [4.78, 5) is 26.1. The zero-order valence-electron chi connectivity index (χ0n) is 13.9. The van der Waals surface area contributed by atoms with Crippen LogP contribution in [-0.2, 0) is 23.2 Å². The molecular formula is C16H24N2O4. The molecule has 0 spiro atoms. The number of likely N-dealkylation sites (N-methyl/N-ethyl adjacent to an activating group) is 1. The fourth-order valence-corrected chi connectivity index (χ4v) is 2.20. The van der Waals surface area contributed by atoms with E-state index in [1.807, 2.05) is 13.8 Å². The van der Waals surface area contributed by atoms with Gasteiger partial charge in [0.15, 0.2) is 5.75 Å². The van der Waals surface area contributed by atoms with Crippen LogP contribution in [0, 0.1) is 0 Å². The van der Waals surface area contributed by atoms with Crippen LogP contribution in [-0.4, -0.2) is 42.7 Å². The van der Waals surface area contributed by atoms with Crippen LogP contribution in [0.4, 0.5) is 0 Å². The van der Waals surface area contributed by atoms with E-state index < -0.39 is 0 Å². The van der Waals surface area contributed by atoms with Gasteiger partial charge in [0, 0.05) is 38.9 Å². The predicted octanol–water partition coefficient (Wildman–Crippen LogP) is 1.42. The Hall–Kier alpha value is -2.08. The number of nitrogens with zero attached hydrogens (tertiary/aromatic N) is 2. The highest BCUT2D eigenvalue weighted by Gasteiger charge is 2.13. The molecule has 0 aliphatic rings. The minimum absolute atomic E-state index is 0.127. The first-order valence-corrected chi connectivity index (χ1v) is 7.22. The summed E-state index contributed by atoms with van der Waals surface area (Å²) in [5.74, 6) is 0.107. The molecule has 0 unspecified atom stereocenters. The number of ether oxygens (including phenoxy) is 2. The molecule has 6 heteroatoms. The van der Waals surface area contributed by atoms with Crippen molar-refractivity contribution in [1.82, 2.24) is 9.47 Å². The summed E-state index contributed by atoms with van der Waals surface area (Å²) in [6.07, 6.45) is 4.57. The number of aryl methyl sites for hydroxylation is 1. The molecule has 0 atom stereocenters. The van der Waals surface area contributed by atoms with E-state index in [4.69, 9.17) is 9.47 Å². The number of hydrogen-bond donors (Lipinski definition) is 0. The van der Waals surface area contributed by atoms with Crippen LogP contribution < -0.4 is 10.2 Å². The maximum atomic E-state index is 12.4. The van der Waals surface area contributed by atoms with Gasteiger partial charge in [-0.25, -0.2) is 0 Å². The lowest BCUT2D eigenvalue weighted by Gasteiger charge is -2.16. The van der Waals surface area contributed by atoms with Gasteiger partial charge in [-0.3, -0.25) is 9.59 Å². The highest BCUT2D eigenvalue weighted by Crippen LogP contribution is 2.13. The molecule has 0 N–H and O–H groups in total. The van der Waals surface area contributed by atoms with E-state index >= 15 is 0 Å². The molecule has 6 nitrogen and oxygen atoms in total. The summed E-state index contributed by atoms with van der Waals surface area (Å²) >= 11 is 0. The Balaban J connectivity index is 3.29. The summed E-state index contributed by atoms with van der Waals surface area (Å²) in [5, 5.41) is 0. The Bertz CT molecular complexity index is 601. The molecule has 1 amide bonds. The Kier molecular flexibility index (Phi) is 6.85. The van der Waals surface area contributed by atoms with Gasteiger partial charge < -0.3 is 18.9 Å². The first-order chi connectivity index (χ1) is 10.5. The molecule has 122 valence electrons. The van der Waals surface area contributed by atoms with Crippen molar-refractivity contribution >= 4 is 12.0 Å². The molecule has 0 aliphatic carbocycles. The number of pyridine rings is 1. The number of methoxy groups -OCH3 is 2. The molecule has 22 heavy (non-hydrogen) atoms. The smallest absolute Gasteiger partial charge is 0.246 e. The highest BCUT2D eigenvalue weighted by molar-refractivity contribution is 5.91. The van der Waals surface area contributed by atoms with E-state index in [-0.39, 0.29) is 23.7 Å². The molecule has 1 heterocycles. The van der Waals surface area contributed by atoms with Crippen molar-refractivity contribution in [3.63, 3.8) is 0 Å². The van der Waals surface area contributed by atoms with Gasteiger partial charge in [-0.05, 0) is 19.9 Å². The van der Waals surface area contributed by atoms with Gasteiger partial charge in [0.25, 0.3) is 0 Å². The van der Waals surface area contributed by atoms with Crippen LogP contribution in [0.1, 0.15) is 25.1 Å². The molecular weight excluding hydrogens is 284 g/mol. The third-order valence-corrected chi connectivity index (χ3v) is 3.48. The molecule has 0 fully saturated rings. The number of aromatic nitrogens is 1. The molecule has 0 bridgehead atoms. The highest BCUT2D eigenvalue weighted by atomic mass is 16.5. The van der Waals surface area contributed by atoms with Gasteiger partial charge in [0.1, 0.15) is 0 Å². The normalized spacial score (nSPS) is 11.0. The van der Waals surface area contributed by atoms with Crippen LogP contribution in [0.25, 0.3) is 6.08 Å². The minimum Gasteiger partial charge on any atom is -0.491 e. The van der Waals surface area contributed by atoms with Gasteiger partial charge in [-0.1, -0.05) is 0 Å². The van der Waals surface area contributed by atoms with E-state index in [0.29, 0.717) is 24.3 Å². The van der Waals surface area contributed by atoms with Crippen LogP contribution in [0.3, 0.4) is 0 Å². The summed E-state index contributed by atoms with van der Waals surface area (Å²) in [6, 6.07) is 0. The molecule has 0 aliphatic heterocycles. The van der Waals surface area contributed by atoms with Crippen LogP contribution in [0.15, 0.2) is 17.1 Å². The summed E-state index contributed by atoms with van der Waals surface area (Å²) < 4.78 is 12.0. The van der Waals surface area contributed by atoms with Crippen molar-refractivity contribution < 1.29 is 14.3 Å². The lowest BCUT2D eigenvalue weighted by molar-refractivity contribution is -0.125. The molecule has 1 rings (SSSR count). The second kappa shape index (κ2) is 8.38. The standard InChI is InChI=1S/C16H24N2O4/c1-6-18(7-2)15(19)9-8-12-13(11-21-4)17(3)10-14(22-5)16(12)20/h8-10H,6-7,11H2,1-5H3/b9-8+. The largest absolute Gasteiger partial charge is 0.491 e. The van der Waals surface area contributed by atoms with Crippen molar-refractivity contribution in [1.29, 1.82) is 0 Å². The average molecular weight is 308 g/mol. The number of rotatable bonds is 7. The maximum absolute atomic E-state index is 12.4. The monoisotopic (exact) mass is 308 g/mol. The third-order valence-electron chi connectivity index (χ3n) is 3.48. The fraction of sp³-hybridized carbons (Fsp3) is 0.500. The molecule has 0 radical (unpaired) electrons. The Morgan fingerprint density at radius 3 is 2.45 bits per heavy atom. The second-order valence-corrected chi connectivity index (χ2v) is 4.77. The van der Waals surface area contributed by atoms with E-state index in [9.17, 15) is 9.59 Å². The summed E-state index contributed by atoms with van der Waals surface area (Å²) in [5.41, 5.74) is 0.845. The lowest BCUT2D eigenvalue weighted by Crippen LogP contribution is -2.28. The van der Waals surface area contributed by atoms with E-state index in [0.717, 1.165) is 0 Å². The Labute approximate surface area is 130 Å². The Morgan fingerprint density at radius 2 is 1.95 bits per heavy atom. The first-order valence-electron chi connectivity index (χ1n) is 7.22. The van der Waals surface area contributed by atoms with Gasteiger partial charge in [-0.2, -0.15) is 0 Å². The van der Waals surface area contributed by atoms with E-state index in [1.165, 1.54) is 13.2 Å². The molecule has 1 aromatic rings. The second-order valence-electron chi connectivity index (χ2n) is 4.77. The minimum atomic E-state index is -0.253. The summed E-state index contributed by atoms with van der Waals surface area (Å²) in [6.45, 7) is 5.35. The van der Waals surface area contributed by atoms with Crippen LogP contribution >= 0.6 is 0 Å². The molecule has 0 saturated carbocycles. The van der Waals surface area contributed by atoms with Gasteiger partial charge in [0.05, 0.1) is 25.6 Å². The lowest BCUT2D eigenvalue weighted by atomic mass is 10.1. The van der Waals surface area contributed by atoms with E-state index in [2.05, 4.69) is 0 Å². The zero-order chi connectivity index (χ0) is 16.7. The summed E-state index contributed by atoms with van der Waals surface area (Å²) in [7, 11) is 4.81. The van der Waals surface area contributed by atoms with Crippen LogP contribution in [0.2, 0.25) is 0 Å². The van der Waals surface area contributed by atoms with Gasteiger partial charge in [-0.15, -0.1) is 0 Å². The SMILES string of the molecule is CCN(CC)C(=O)/C=C/c1c(COC)n(C)cc(OC)c1=O. The van der Waals surface area contributed by atoms with Crippen molar-refractivity contribution in [3.8, 4) is 5.75 Å². The molecule has 1 aromatic heterocycles.